The van der Waals surface area contributed by atoms with E-state index in [0.717, 1.165) is 4.47 Å². The minimum Gasteiger partial charge on any atom is -0.487 e. The first-order valence-corrected chi connectivity index (χ1v) is 5.90. The van der Waals surface area contributed by atoms with Crippen LogP contribution in [0.1, 0.15) is 19.4 Å². The molecule has 0 heterocycles. The zero-order valence-electron chi connectivity index (χ0n) is 9.37. The number of benzene rings is 1. The number of nitriles is 1. The maximum Gasteiger partial charge on any atom is 0.138 e. The predicted molar refractivity (Wildman–Crippen MR) is 65.4 cm³/mol. The van der Waals surface area contributed by atoms with E-state index < -0.39 is 0 Å². The Bertz CT molecular complexity index is 387. The quantitative estimate of drug-likeness (QED) is 0.834. The highest BCUT2D eigenvalue weighted by Gasteiger charge is 2.08. The van der Waals surface area contributed by atoms with Crippen molar-refractivity contribution in [3.8, 4) is 11.8 Å². The predicted octanol–water partition coefficient (Wildman–Crippen LogP) is 3.12. The first-order chi connectivity index (χ1) is 7.67. The van der Waals surface area contributed by atoms with Crippen LogP contribution in [0.15, 0.2) is 22.7 Å². The minimum atomic E-state index is -0.0682. The highest BCUT2D eigenvalue weighted by molar-refractivity contribution is 9.10. The van der Waals surface area contributed by atoms with Gasteiger partial charge in [-0.15, -0.1) is 0 Å². The molecule has 3 nitrogen and oxygen atoms in total. The SMILES string of the molecule is CCOCC(C)Oc1cc(Br)ccc1C#N. The molecule has 1 rings (SSSR count). The lowest BCUT2D eigenvalue weighted by molar-refractivity contribution is 0.0655. The third-order valence-corrected chi connectivity index (χ3v) is 2.44. The molecule has 0 saturated carbocycles. The van der Waals surface area contributed by atoms with Gasteiger partial charge in [-0.1, -0.05) is 15.9 Å². The molecule has 0 fully saturated rings. The van der Waals surface area contributed by atoms with E-state index in [4.69, 9.17) is 14.7 Å². The van der Waals surface area contributed by atoms with Crippen LogP contribution in [0.4, 0.5) is 0 Å². The van der Waals surface area contributed by atoms with Crippen LogP contribution in [-0.4, -0.2) is 19.3 Å². The van der Waals surface area contributed by atoms with Gasteiger partial charge in [0.25, 0.3) is 0 Å². The van der Waals surface area contributed by atoms with Crippen LogP contribution in [0.5, 0.6) is 5.75 Å². The lowest BCUT2D eigenvalue weighted by Gasteiger charge is -2.15. The van der Waals surface area contributed by atoms with E-state index in [1.807, 2.05) is 19.9 Å². The van der Waals surface area contributed by atoms with Crippen LogP contribution in [0.2, 0.25) is 0 Å². The molecule has 0 N–H and O–H groups in total. The first kappa shape index (κ1) is 13.0. The Morgan fingerprint density at radius 1 is 1.50 bits per heavy atom. The first-order valence-electron chi connectivity index (χ1n) is 5.11. The normalized spacial score (nSPS) is 11.9. The molecule has 0 amide bonds. The fourth-order valence-corrected chi connectivity index (χ4v) is 1.56. The van der Waals surface area contributed by atoms with Crippen LogP contribution in [0.3, 0.4) is 0 Å². The molecule has 0 aliphatic carbocycles. The molecule has 4 heteroatoms. The number of halogens is 1. The van der Waals surface area contributed by atoms with Gasteiger partial charge in [-0.3, -0.25) is 0 Å². The molecule has 16 heavy (non-hydrogen) atoms. The zero-order chi connectivity index (χ0) is 12.0. The monoisotopic (exact) mass is 283 g/mol. The smallest absolute Gasteiger partial charge is 0.138 e. The van der Waals surface area contributed by atoms with Gasteiger partial charge in [-0.2, -0.15) is 5.26 Å². The lowest BCUT2D eigenvalue weighted by Crippen LogP contribution is -2.19. The van der Waals surface area contributed by atoms with Gasteiger partial charge >= 0.3 is 0 Å². The van der Waals surface area contributed by atoms with Gasteiger partial charge in [-0.05, 0) is 32.0 Å². The zero-order valence-corrected chi connectivity index (χ0v) is 11.0. The van der Waals surface area contributed by atoms with Gasteiger partial charge in [0.1, 0.15) is 17.9 Å². The minimum absolute atomic E-state index is 0.0682. The molecule has 0 aromatic heterocycles. The summed E-state index contributed by atoms with van der Waals surface area (Å²) >= 11 is 3.35. The fraction of sp³-hybridized carbons (Fsp3) is 0.417. The van der Waals surface area contributed by atoms with Crippen molar-refractivity contribution >= 4 is 15.9 Å². The Balaban J connectivity index is 2.72. The summed E-state index contributed by atoms with van der Waals surface area (Å²) in [6.07, 6.45) is -0.0682. The topological polar surface area (TPSA) is 42.2 Å². The van der Waals surface area contributed by atoms with Crippen molar-refractivity contribution in [2.75, 3.05) is 13.2 Å². The van der Waals surface area contributed by atoms with E-state index in [9.17, 15) is 0 Å². The Labute approximate surface area is 104 Å². The molecule has 1 unspecified atom stereocenters. The molecule has 0 aliphatic heterocycles. The summed E-state index contributed by atoms with van der Waals surface area (Å²) in [5, 5.41) is 8.92. The second-order valence-electron chi connectivity index (χ2n) is 3.34. The summed E-state index contributed by atoms with van der Waals surface area (Å²) in [6, 6.07) is 7.44. The molecule has 0 aliphatic rings. The molecule has 1 aromatic carbocycles. The van der Waals surface area contributed by atoms with Gasteiger partial charge in [0, 0.05) is 11.1 Å². The van der Waals surface area contributed by atoms with Gasteiger partial charge in [-0.25, -0.2) is 0 Å². The summed E-state index contributed by atoms with van der Waals surface area (Å²) in [5.74, 6) is 0.587. The van der Waals surface area contributed by atoms with Crippen molar-refractivity contribution in [1.29, 1.82) is 5.26 Å². The maximum absolute atomic E-state index is 8.92. The van der Waals surface area contributed by atoms with Gasteiger partial charge in [0.15, 0.2) is 0 Å². The summed E-state index contributed by atoms with van der Waals surface area (Å²) in [4.78, 5) is 0. The van der Waals surface area contributed by atoms with E-state index >= 15 is 0 Å². The maximum atomic E-state index is 8.92. The number of nitrogens with zero attached hydrogens (tertiary/aromatic N) is 1. The van der Waals surface area contributed by atoms with Gasteiger partial charge in [0.05, 0.1) is 12.2 Å². The van der Waals surface area contributed by atoms with E-state index in [1.54, 1.807) is 12.1 Å². The highest BCUT2D eigenvalue weighted by atomic mass is 79.9. The lowest BCUT2D eigenvalue weighted by atomic mass is 10.2. The third-order valence-electron chi connectivity index (χ3n) is 1.95. The van der Waals surface area contributed by atoms with Crippen molar-refractivity contribution in [1.82, 2.24) is 0 Å². The van der Waals surface area contributed by atoms with E-state index in [-0.39, 0.29) is 6.10 Å². The number of hydrogen-bond acceptors (Lipinski definition) is 3. The molecule has 1 atom stereocenters. The van der Waals surface area contributed by atoms with E-state index in [1.165, 1.54) is 0 Å². The molecule has 1 aromatic rings. The van der Waals surface area contributed by atoms with Crippen molar-refractivity contribution in [3.05, 3.63) is 28.2 Å². The van der Waals surface area contributed by atoms with Gasteiger partial charge in [0.2, 0.25) is 0 Å². The standard InChI is InChI=1S/C12H14BrNO2/c1-3-15-8-9(2)16-12-6-11(13)5-4-10(12)7-14/h4-6,9H,3,8H2,1-2H3. The van der Waals surface area contributed by atoms with Crippen LogP contribution < -0.4 is 4.74 Å². The molecule has 86 valence electrons. The number of rotatable bonds is 5. The Morgan fingerprint density at radius 3 is 2.88 bits per heavy atom. The largest absolute Gasteiger partial charge is 0.487 e. The van der Waals surface area contributed by atoms with E-state index in [2.05, 4.69) is 22.0 Å². The highest BCUT2D eigenvalue weighted by Crippen LogP contribution is 2.24. The molecule has 0 saturated heterocycles. The van der Waals surface area contributed by atoms with Crippen LogP contribution >= 0.6 is 15.9 Å². The Kier molecular flexibility index (Phi) is 5.30. The third kappa shape index (κ3) is 3.84. The second kappa shape index (κ2) is 6.51. The average molecular weight is 284 g/mol. The summed E-state index contributed by atoms with van der Waals surface area (Å²) in [6.45, 7) is 5.04. The van der Waals surface area contributed by atoms with Gasteiger partial charge < -0.3 is 9.47 Å². The Morgan fingerprint density at radius 2 is 2.25 bits per heavy atom. The van der Waals surface area contributed by atoms with Crippen molar-refractivity contribution in [3.63, 3.8) is 0 Å². The summed E-state index contributed by atoms with van der Waals surface area (Å²) in [7, 11) is 0. The van der Waals surface area contributed by atoms with Crippen LogP contribution in [-0.2, 0) is 4.74 Å². The molecule has 0 radical (unpaired) electrons. The van der Waals surface area contributed by atoms with Crippen LogP contribution in [0.25, 0.3) is 0 Å². The molecular weight excluding hydrogens is 270 g/mol. The molecule has 0 bridgehead atoms. The average Bonchev–Trinajstić information content (AvgIpc) is 2.27. The fourth-order valence-electron chi connectivity index (χ4n) is 1.22. The number of hydrogen-bond donors (Lipinski definition) is 0. The summed E-state index contributed by atoms with van der Waals surface area (Å²) in [5.41, 5.74) is 0.534. The van der Waals surface area contributed by atoms with Crippen molar-refractivity contribution < 1.29 is 9.47 Å². The number of ether oxygens (including phenoxy) is 2. The summed E-state index contributed by atoms with van der Waals surface area (Å²) < 4.78 is 11.8. The molecular formula is C12H14BrNO2. The van der Waals surface area contributed by atoms with Crippen LogP contribution in [0, 0.1) is 11.3 Å². The molecule has 0 spiro atoms. The Hall–Kier alpha value is -1.05. The van der Waals surface area contributed by atoms with Crippen molar-refractivity contribution in [2.24, 2.45) is 0 Å². The van der Waals surface area contributed by atoms with Crippen molar-refractivity contribution in [2.45, 2.75) is 20.0 Å². The second-order valence-corrected chi connectivity index (χ2v) is 4.26. The van der Waals surface area contributed by atoms with E-state index in [0.29, 0.717) is 24.5 Å².